The molecule has 9 aliphatic heterocycles. The fourth-order valence-electron chi connectivity index (χ4n) is 16.5. The van der Waals surface area contributed by atoms with Crippen LogP contribution in [0.2, 0.25) is 10.0 Å². The van der Waals surface area contributed by atoms with Crippen molar-refractivity contribution < 1.29 is 162 Å². The summed E-state index contributed by atoms with van der Waals surface area (Å²) in [5.41, 5.74) is 2.57. The molecule has 3 saturated heterocycles. The second kappa shape index (κ2) is 42.2. The Kier molecular flexibility index (Phi) is 31.3. The van der Waals surface area contributed by atoms with E-state index in [1.807, 2.05) is 0 Å². The van der Waals surface area contributed by atoms with Gasteiger partial charge in [-0.2, -0.15) is 0 Å². The van der Waals surface area contributed by atoms with Crippen LogP contribution in [0.3, 0.4) is 0 Å². The summed E-state index contributed by atoms with van der Waals surface area (Å²) in [4.78, 5) is 139. The topological polar surface area (TPSA) is 662 Å². The van der Waals surface area contributed by atoms with Crippen molar-refractivity contribution in [3.63, 3.8) is 0 Å². The van der Waals surface area contributed by atoms with Gasteiger partial charge in [-0.3, -0.25) is 38.4 Å². The Balaban J connectivity index is 1.05. The lowest BCUT2D eigenvalue weighted by Crippen LogP contribution is -2.65. The molecular weight excluding hydrogens is 2020 g/mol. The molecule has 9 heterocycles. The van der Waals surface area contributed by atoms with Crippen molar-refractivity contribution in [1.29, 1.82) is 0 Å². The number of fused-ring (bicyclic) bond motifs is 14. The molecule has 135 heavy (non-hydrogen) atoms. The van der Waals surface area contributed by atoms with Crippen molar-refractivity contribution in [2.75, 3.05) is 19.8 Å². The highest BCUT2D eigenvalue weighted by Crippen LogP contribution is 2.54. The van der Waals surface area contributed by atoms with Crippen LogP contribution in [0.15, 0.2) is 110 Å². The number of aliphatic hydroxyl groups excluding tert-OH is 10. The average molecular weight is 2120 g/mol. The molecule has 3 fully saturated rings. The maximum atomic E-state index is 17.2. The molecule has 7 aromatic carbocycles. The molecule has 0 spiro atoms. The van der Waals surface area contributed by atoms with Gasteiger partial charge in [-0.05, 0) is 161 Å². The minimum Gasteiger partial charge on any atom is -0.507 e. The fourth-order valence-corrected chi connectivity index (χ4v) is 18.6. The lowest BCUT2D eigenvalue weighted by atomic mass is 9.89. The molecule has 42 nitrogen and oxygen atoms in total. The van der Waals surface area contributed by atoms with E-state index in [0.29, 0.717) is 18.8 Å². The molecule has 25 N–H and O–H groups in total. The van der Waals surface area contributed by atoms with E-state index >= 15 is 24.0 Å². The highest BCUT2D eigenvalue weighted by atomic mass is 79.9. The first kappa shape index (κ1) is 100. The van der Waals surface area contributed by atoms with E-state index in [0.717, 1.165) is 92.9 Å². The van der Waals surface area contributed by atoms with Gasteiger partial charge in [0, 0.05) is 42.0 Å². The molecule has 0 unspecified atom stereocenters. The van der Waals surface area contributed by atoms with Crippen molar-refractivity contribution in [2.24, 2.45) is 11.7 Å². The number of carboxylic acid groups (broad SMARTS) is 1. The molecule has 17 bridgehead atoms. The number of aliphatic hydroxyl groups is 10. The van der Waals surface area contributed by atoms with Crippen molar-refractivity contribution in [3.05, 3.63) is 159 Å². The van der Waals surface area contributed by atoms with Gasteiger partial charge < -0.3 is 167 Å². The van der Waals surface area contributed by atoms with E-state index in [-0.39, 0.29) is 32.8 Å². The number of halogens is 5. The predicted molar refractivity (Wildman–Crippen MR) is 476 cm³/mol. The van der Waals surface area contributed by atoms with Gasteiger partial charge in [0.05, 0.1) is 34.3 Å². The maximum Gasteiger partial charge on any atom is 0.330 e. The smallest absolute Gasteiger partial charge is 0.330 e. The number of benzene rings is 7. The Hall–Kier alpha value is -10.6. The molecule has 0 saturated carbocycles. The second-order valence-electron chi connectivity index (χ2n) is 33.5. The van der Waals surface area contributed by atoms with Crippen LogP contribution in [0.4, 0.5) is 0 Å². The number of unbranched alkanes of at least 4 members (excludes halogenated alkanes) is 3. The molecule has 16 rings (SSSR count). The van der Waals surface area contributed by atoms with Gasteiger partial charge >= 0.3 is 5.97 Å². The summed E-state index contributed by atoms with van der Waals surface area (Å²) in [7, 11) is 0. The van der Waals surface area contributed by atoms with Crippen molar-refractivity contribution >= 4 is 124 Å². The van der Waals surface area contributed by atoms with E-state index in [1.165, 1.54) is 30.3 Å². The molecular formula is C88H94Br3Cl2N9O33. The van der Waals surface area contributed by atoms with E-state index < -0.39 is 336 Å². The lowest BCUT2D eigenvalue weighted by molar-refractivity contribution is -0.284. The SMILES string of the molecule is CC(=O)N[C@H]1[C@H](O[C@@H]2c3ccc(c(Cl)c3)Oc3cc4cc(c3O[C@@H]3O[C@H](CO)[C@@H](O)[C@H](O)[C@H]3NC(=O)CCCCCCC(C)C)Oc3ccc(cc3Cl)C[C@H]3NC(=O)[C@H](N)c5ccc(O)c(c5)Oc5cc(c(Br)c(O)c5Br)[C@H](NC3=O)C(=O)N[C@H]4C(=O)N[C@H]3C(=O)N[C@@H]2C(=O)N[C@H](C(=O)O)c2cc(O)c(Br)c(O[C@H]4O[C@H](CO)[C@@H](O)[C@H](O)[C@@H]4O)c2-c2cc3ccc2O)O[C@H](CO)[C@@H](O)[C@@H]1O. The first-order valence-corrected chi connectivity index (χ1v) is 45.4. The van der Waals surface area contributed by atoms with Crippen LogP contribution in [-0.4, -0.2) is 254 Å². The molecule has 47 heteroatoms. The normalized spacial score (nSPS) is 28.5. The number of phenolic OH excluding ortho intramolecular Hbond substituents is 4. The largest absolute Gasteiger partial charge is 0.507 e. The summed E-state index contributed by atoms with van der Waals surface area (Å²) >= 11 is 24.7. The molecule has 7 aromatic rings. The van der Waals surface area contributed by atoms with Gasteiger partial charge in [-0.1, -0.05) is 87.0 Å². The number of hydrogen-bond donors (Lipinski definition) is 24. The third-order valence-corrected chi connectivity index (χ3v) is 26.7. The highest BCUT2D eigenvalue weighted by Gasteiger charge is 2.53. The zero-order chi connectivity index (χ0) is 97.5. The number of amides is 8. The summed E-state index contributed by atoms with van der Waals surface area (Å²) in [6, 6.07) is -2.57. The van der Waals surface area contributed by atoms with Gasteiger partial charge in [0.25, 0.3) is 0 Å². The molecule has 8 amide bonds. The third kappa shape index (κ3) is 21.3. The van der Waals surface area contributed by atoms with Crippen LogP contribution >= 0.6 is 71.0 Å². The Morgan fingerprint density at radius 2 is 1.04 bits per heavy atom. The van der Waals surface area contributed by atoms with E-state index in [2.05, 4.69) is 104 Å². The minimum atomic E-state index is -2.61. The quantitative estimate of drug-likeness (QED) is 0.0516. The molecule has 0 aliphatic carbocycles. The standard InChI is InChI=1S/C88H94Br3Cl2N9O33/c1-30(2)8-6-4-5-7-9-55(110)97-66-73(116)69(112)53(28-104)131-87(66)134-77-50-23-36-24-51(77)128-47-17-13-35(21-41(47)93)76(133-86-65(95-31(3)106)72(115)68(111)52(27-103)130-86)67-84(124)101-64(85(125)126)38-25-45(109)58(90)78(135-88-75(118)74(117)70(113)54(29-105)132-88)56(38)37-20-34(12-14-43(37)107)61(81(121)102-67)98-82(122)62(36)99-83(123)63-39-26-49(59(91)71(114)57(39)89)129-48-22-33(11-15-44(48)108)60(94)80(120)96-42(79(119)100-63)19-32-10-16-46(127-50)40(92)18-32/h10-18,20-26,30,42,52-54,60-70,72-76,86-88,103-105,107-109,111-118H,4-9,19,27-29,94H2,1-3H3,(H,95,106)(H,96,120)(H,97,110)(H,98,122)(H,99,123)(H,100,119)(H,101,124)(H,102,121)(H,125,126)/t42-,52-,53-,54-,60-,61-,62-,63+,64+,65-,66-,67+,68-,69-,70-,72-,73-,74+,75+,76-,86+,87+,88-/m1/s1. The number of aliphatic carboxylic acids is 1. The summed E-state index contributed by atoms with van der Waals surface area (Å²) in [5, 5.41) is 192. The van der Waals surface area contributed by atoms with Crippen LogP contribution < -0.4 is 72.0 Å². The lowest BCUT2D eigenvalue weighted by Gasteiger charge is -2.44. The number of carboxylic acids is 1. The number of aromatic hydroxyl groups is 4. The van der Waals surface area contributed by atoms with Crippen molar-refractivity contribution in [1.82, 2.24) is 42.5 Å². The molecule has 9 aliphatic rings. The number of phenols is 4. The molecule has 0 radical (unpaired) electrons. The van der Waals surface area contributed by atoms with Crippen LogP contribution in [0.5, 0.6) is 69.0 Å². The predicted octanol–water partition coefficient (Wildman–Crippen LogP) is 3.31. The zero-order valence-electron chi connectivity index (χ0n) is 71.2. The van der Waals surface area contributed by atoms with Crippen molar-refractivity contribution in [3.8, 4) is 80.1 Å². The Morgan fingerprint density at radius 3 is 1.67 bits per heavy atom. The fraction of sp³-hybridized carbons (Fsp3) is 0.420. The molecule has 724 valence electrons. The number of rotatable bonds is 19. The Morgan fingerprint density at radius 1 is 0.496 bits per heavy atom. The summed E-state index contributed by atoms with van der Waals surface area (Å²) in [6.07, 6.45) is -26.2. The minimum absolute atomic E-state index is 0.00410. The number of nitrogens with one attached hydrogen (secondary N) is 8. The Bertz CT molecular complexity index is 5750. The van der Waals surface area contributed by atoms with E-state index in [1.54, 1.807) is 0 Å². The maximum absolute atomic E-state index is 17.2. The van der Waals surface area contributed by atoms with E-state index in [9.17, 15) is 95.8 Å². The molecule has 23 atom stereocenters. The molecule has 0 aromatic heterocycles. The zero-order valence-corrected chi connectivity index (χ0v) is 77.5. The first-order chi connectivity index (χ1) is 64.1. The monoisotopic (exact) mass is 2110 g/mol. The van der Waals surface area contributed by atoms with Gasteiger partial charge in [0.2, 0.25) is 65.6 Å². The second-order valence-corrected chi connectivity index (χ2v) is 36.7. The van der Waals surface area contributed by atoms with E-state index in [4.69, 9.17) is 71.6 Å². The first-order valence-electron chi connectivity index (χ1n) is 42.3. The summed E-state index contributed by atoms with van der Waals surface area (Å²) < 4.78 is 56.5. The average Bonchev–Trinajstić information content (AvgIpc) is 0.751. The summed E-state index contributed by atoms with van der Waals surface area (Å²) in [5.74, 6) is -19.7. The number of ether oxygens (including phenoxy) is 9. The number of nitrogens with two attached hydrogens (primary N) is 1. The van der Waals surface area contributed by atoms with Gasteiger partial charge in [-0.25, -0.2) is 4.79 Å². The van der Waals surface area contributed by atoms with Gasteiger partial charge in [0.15, 0.2) is 35.3 Å². The van der Waals surface area contributed by atoms with Crippen LogP contribution in [0.25, 0.3) is 11.1 Å². The van der Waals surface area contributed by atoms with Gasteiger partial charge in [-0.15, -0.1) is 0 Å². The number of carbonyl (C=O) groups is 9. The van der Waals surface area contributed by atoms with Crippen LogP contribution in [-0.2, 0) is 68.5 Å². The van der Waals surface area contributed by atoms with Crippen LogP contribution in [0.1, 0.15) is 135 Å². The van der Waals surface area contributed by atoms with Crippen molar-refractivity contribution in [2.45, 2.75) is 206 Å². The van der Waals surface area contributed by atoms with Gasteiger partial charge in [0.1, 0.15) is 165 Å². The Labute approximate surface area is 801 Å². The van der Waals surface area contributed by atoms with Crippen LogP contribution in [0, 0.1) is 5.92 Å². The number of hydrogen-bond acceptors (Lipinski definition) is 33. The third-order valence-electron chi connectivity index (χ3n) is 23.7. The number of carbonyl (C=O) groups excluding carboxylic acids is 8. The highest BCUT2D eigenvalue weighted by molar-refractivity contribution is 9.11. The summed E-state index contributed by atoms with van der Waals surface area (Å²) in [6.45, 7) is 1.93.